The van der Waals surface area contributed by atoms with Gasteiger partial charge in [-0.3, -0.25) is 4.79 Å². The molecule has 2 heteroatoms. The molecule has 1 saturated carbocycles. The second kappa shape index (κ2) is 2.85. The number of carbonyl (C=O) groups excluding carboxylic acids is 1. The van der Waals surface area contributed by atoms with Crippen molar-refractivity contribution in [2.75, 3.05) is 0 Å². The predicted octanol–water partition coefficient (Wildman–Crippen LogP) is 3.26. The molecule has 3 rings (SSSR count). The topological polar surface area (TPSA) is 37.3 Å². The molecule has 17 heavy (non-hydrogen) atoms. The van der Waals surface area contributed by atoms with Crippen LogP contribution in [-0.2, 0) is 4.79 Å². The molecule has 0 aromatic heterocycles. The Kier molecular flexibility index (Phi) is 1.85. The van der Waals surface area contributed by atoms with Crippen LogP contribution in [0.5, 0.6) is 0 Å². The van der Waals surface area contributed by atoms with Crippen LogP contribution < -0.4 is 0 Å². The number of fused-ring (bicyclic) bond motifs is 3. The van der Waals surface area contributed by atoms with Crippen molar-refractivity contribution in [1.29, 1.82) is 0 Å². The quantitative estimate of drug-likeness (QED) is 0.696. The minimum atomic E-state index is -0.0359. The molecule has 0 aliphatic heterocycles. The Morgan fingerprint density at radius 1 is 1.35 bits per heavy atom. The van der Waals surface area contributed by atoms with Gasteiger partial charge in [0.25, 0.3) is 0 Å². The van der Waals surface area contributed by atoms with E-state index in [2.05, 4.69) is 33.8 Å². The zero-order valence-corrected chi connectivity index (χ0v) is 10.9. The van der Waals surface area contributed by atoms with Gasteiger partial charge in [0.2, 0.25) is 5.78 Å². The predicted molar refractivity (Wildman–Crippen MR) is 66.5 cm³/mol. The summed E-state index contributed by atoms with van der Waals surface area (Å²) in [7, 11) is 0. The van der Waals surface area contributed by atoms with E-state index >= 15 is 0 Å². The van der Waals surface area contributed by atoms with E-state index in [1.54, 1.807) is 0 Å². The van der Waals surface area contributed by atoms with E-state index in [9.17, 15) is 9.90 Å². The van der Waals surface area contributed by atoms with Crippen LogP contribution in [0.3, 0.4) is 0 Å². The van der Waals surface area contributed by atoms with Gasteiger partial charge in [0.15, 0.2) is 5.76 Å². The molecule has 92 valence electrons. The van der Waals surface area contributed by atoms with Crippen molar-refractivity contribution in [3.8, 4) is 0 Å². The Labute approximate surface area is 102 Å². The van der Waals surface area contributed by atoms with Crippen molar-refractivity contribution in [2.45, 2.75) is 34.1 Å². The SMILES string of the molecule is C[C@H]1CC=CC2=C(O)C(=O)[C@H]3[C@H](C3(C)C)[C@@]21C. The zero-order valence-electron chi connectivity index (χ0n) is 10.9. The average Bonchev–Trinajstić information content (AvgIpc) is 2.83. The summed E-state index contributed by atoms with van der Waals surface area (Å²) in [5.74, 6) is 0.916. The van der Waals surface area contributed by atoms with Crippen LogP contribution in [0.1, 0.15) is 34.1 Å². The number of aliphatic hydroxyl groups excluding tert-OH is 1. The second-order valence-electron chi connectivity index (χ2n) is 6.73. The molecule has 0 saturated heterocycles. The van der Waals surface area contributed by atoms with Crippen molar-refractivity contribution in [3.05, 3.63) is 23.5 Å². The number of hydrogen-bond donors (Lipinski definition) is 1. The summed E-state index contributed by atoms with van der Waals surface area (Å²) in [5, 5.41) is 10.2. The molecule has 0 spiro atoms. The van der Waals surface area contributed by atoms with Gasteiger partial charge in [-0.05, 0) is 23.7 Å². The van der Waals surface area contributed by atoms with E-state index < -0.39 is 0 Å². The van der Waals surface area contributed by atoms with Gasteiger partial charge in [-0.2, -0.15) is 0 Å². The normalized spacial score (nSPS) is 46.6. The molecule has 0 radical (unpaired) electrons. The van der Waals surface area contributed by atoms with Crippen LogP contribution in [0.4, 0.5) is 0 Å². The number of allylic oxidation sites excluding steroid dienone is 4. The lowest BCUT2D eigenvalue weighted by Gasteiger charge is -2.42. The molecular formula is C15H20O2. The smallest absolute Gasteiger partial charge is 0.201 e. The van der Waals surface area contributed by atoms with Gasteiger partial charge < -0.3 is 5.11 Å². The lowest BCUT2D eigenvalue weighted by atomic mass is 9.61. The maximum Gasteiger partial charge on any atom is 0.201 e. The number of Topliss-reactive ketones (excluding diaryl/α,β-unsaturated/α-hetero) is 1. The maximum absolute atomic E-state index is 12.1. The van der Waals surface area contributed by atoms with Crippen molar-refractivity contribution >= 4 is 5.78 Å². The first-order chi connectivity index (χ1) is 7.83. The number of ketones is 1. The highest BCUT2D eigenvalue weighted by molar-refractivity contribution is 6.01. The van der Waals surface area contributed by atoms with Crippen molar-refractivity contribution in [2.24, 2.45) is 28.6 Å². The molecular weight excluding hydrogens is 212 g/mol. The standard InChI is InChI=1S/C15H20O2/c1-8-6-5-7-9-11(16)12(17)10-13(14(10,2)3)15(8,9)4/h5,7-8,10,13,16H,6H2,1-4H3/t8-,10-,13+,15+/m0/s1. The van der Waals surface area contributed by atoms with Gasteiger partial charge in [-0.1, -0.05) is 39.8 Å². The Morgan fingerprint density at radius 2 is 2.00 bits per heavy atom. The Hall–Kier alpha value is -1.05. The van der Waals surface area contributed by atoms with Gasteiger partial charge in [0, 0.05) is 16.9 Å². The first-order valence-electron chi connectivity index (χ1n) is 6.47. The summed E-state index contributed by atoms with van der Waals surface area (Å²) in [5.41, 5.74) is 0.898. The van der Waals surface area contributed by atoms with E-state index in [1.807, 2.05) is 6.08 Å². The molecule has 1 fully saturated rings. The number of aliphatic hydroxyl groups is 1. The first kappa shape index (κ1) is 11.1. The summed E-state index contributed by atoms with van der Waals surface area (Å²) in [6.45, 7) is 8.78. The summed E-state index contributed by atoms with van der Waals surface area (Å²) >= 11 is 0. The molecule has 3 aliphatic rings. The van der Waals surface area contributed by atoms with Crippen LogP contribution >= 0.6 is 0 Å². The third-order valence-corrected chi connectivity index (χ3v) is 5.62. The molecule has 3 aliphatic carbocycles. The minimum absolute atomic E-state index is 0.0269. The molecule has 2 nitrogen and oxygen atoms in total. The largest absolute Gasteiger partial charge is 0.504 e. The van der Waals surface area contributed by atoms with Gasteiger partial charge in [-0.15, -0.1) is 0 Å². The molecule has 0 aromatic carbocycles. The fraction of sp³-hybridized carbons (Fsp3) is 0.667. The van der Waals surface area contributed by atoms with Gasteiger partial charge in [-0.25, -0.2) is 0 Å². The van der Waals surface area contributed by atoms with E-state index in [0.29, 0.717) is 11.8 Å². The fourth-order valence-electron chi connectivity index (χ4n) is 4.41. The monoisotopic (exact) mass is 232 g/mol. The highest BCUT2D eigenvalue weighted by Gasteiger charge is 2.72. The van der Waals surface area contributed by atoms with E-state index in [0.717, 1.165) is 12.0 Å². The summed E-state index contributed by atoms with van der Waals surface area (Å²) < 4.78 is 0. The van der Waals surface area contributed by atoms with Gasteiger partial charge >= 0.3 is 0 Å². The van der Waals surface area contributed by atoms with Crippen LogP contribution in [0.15, 0.2) is 23.5 Å². The average molecular weight is 232 g/mol. The number of hydrogen-bond acceptors (Lipinski definition) is 2. The van der Waals surface area contributed by atoms with E-state index in [-0.39, 0.29) is 28.3 Å². The summed E-state index contributed by atoms with van der Waals surface area (Å²) in [4.78, 5) is 12.1. The molecule has 1 N–H and O–H groups in total. The Bertz CT molecular complexity index is 469. The van der Waals surface area contributed by atoms with Crippen LogP contribution in [0.25, 0.3) is 0 Å². The molecule has 0 bridgehead atoms. The third-order valence-electron chi connectivity index (χ3n) is 5.62. The van der Waals surface area contributed by atoms with Crippen LogP contribution in [0, 0.1) is 28.6 Å². The first-order valence-corrected chi connectivity index (χ1v) is 6.47. The van der Waals surface area contributed by atoms with Crippen molar-refractivity contribution < 1.29 is 9.90 Å². The van der Waals surface area contributed by atoms with Crippen LogP contribution in [0.2, 0.25) is 0 Å². The zero-order chi connectivity index (χ0) is 12.6. The highest BCUT2D eigenvalue weighted by Crippen LogP contribution is 2.73. The van der Waals surface area contributed by atoms with E-state index in [1.165, 1.54) is 0 Å². The molecule has 0 unspecified atom stereocenters. The molecule has 0 aromatic rings. The van der Waals surface area contributed by atoms with Crippen molar-refractivity contribution in [1.82, 2.24) is 0 Å². The van der Waals surface area contributed by atoms with Crippen molar-refractivity contribution in [3.63, 3.8) is 0 Å². The molecule has 4 atom stereocenters. The Balaban J connectivity index is 2.22. The minimum Gasteiger partial charge on any atom is -0.504 e. The van der Waals surface area contributed by atoms with Gasteiger partial charge in [0.1, 0.15) is 0 Å². The number of carbonyl (C=O) groups is 1. The third kappa shape index (κ3) is 1.05. The lowest BCUT2D eigenvalue weighted by molar-refractivity contribution is -0.121. The summed E-state index contributed by atoms with van der Waals surface area (Å²) in [6, 6.07) is 0. The summed E-state index contributed by atoms with van der Waals surface area (Å²) in [6.07, 6.45) is 5.10. The second-order valence-corrected chi connectivity index (χ2v) is 6.73. The van der Waals surface area contributed by atoms with Crippen LogP contribution in [-0.4, -0.2) is 10.9 Å². The molecule has 0 amide bonds. The Morgan fingerprint density at radius 3 is 2.65 bits per heavy atom. The highest BCUT2D eigenvalue weighted by atomic mass is 16.3. The van der Waals surface area contributed by atoms with E-state index in [4.69, 9.17) is 0 Å². The maximum atomic E-state index is 12.1. The number of rotatable bonds is 0. The fourth-order valence-corrected chi connectivity index (χ4v) is 4.41. The van der Waals surface area contributed by atoms with Gasteiger partial charge in [0.05, 0.1) is 0 Å². The molecule has 0 heterocycles. The lowest BCUT2D eigenvalue weighted by Crippen LogP contribution is -2.38.